The number of benzene rings is 1. The van der Waals surface area contributed by atoms with E-state index in [1.54, 1.807) is 0 Å². The molecule has 0 aliphatic heterocycles. The molecule has 1 unspecified atom stereocenters. The molecule has 1 rings (SSSR count). The summed E-state index contributed by atoms with van der Waals surface area (Å²) in [5, 5.41) is 28.2. The Kier molecular flexibility index (Phi) is 22.6. The van der Waals surface area contributed by atoms with E-state index >= 15 is 0 Å². The van der Waals surface area contributed by atoms with Gasteiger partial charge in [-0.1, -0.05) is 30.3 Å². The van der Waals surface area contributed by atoms with Crippen molar-refractivity contribution >= 4 is 38.7 Å². The standard InChI is InChI=1S/C31H52N3O12P/c35-19-17-32(18-20-36)15-16-33(23-29(37)38)22-28(34(24-30(39)40)25-31(41)42)26-46-47(43,44)45-21-11-6-4-2-1-3-5-8-12-27-13-9-7-10-14-27/h7,9-10,13-14,19-20,28,43-44,47H,1-6,8,11-12,15-18,21-26H2,(H,37,38)(H,39,40)(H,41,42). The summed E-state index contributed by atoms with van der Waals surface area (Å²) >= 11 is 0. The van der Waals surface area contributed by atoms with Gasteiger partial charge < -0.3 is 0 Å². The molecule has 0 saturated heterocycles. The molecule has 16 heteroatoms. The third kappa shape index (κ3) is 22.3. The summed E-state index contributed by atoms with van der Waals surface area (Å²) in [4.78, 5) is 81.1. The average Bonchev–Trinajstić information content (AvgIpc) is 3.00. The van der Waals surface area contributed by atoms with Gasteiger partial charge in [0.1, 0.15) is 0 Å². The quantitative estimate of drug-likeness (QED) is 0.0426. The topological polar surface area (TPSA) is 215 Å². The molecule has 0 heterocycles. The van der Waals surface area contributed by atoms with E-state index in [9.17, 15) is 49.1 Å². The van der Waals surface area contributed by atoms with Gasteiger partial charge in [-0.3, -0.25) is 0 Å². The normalized spacial score (nSPS) is 12.8. The van der Waals surface area contributed by atoms with Gasteiger partial charge in [0, 0.05) is 0 Å². The maximum atomic E-state index is 11.6. The molecule has 0 aliphatic rings. The molecule has 0 aromatic heterocycles. The van der Waals surface area contributed by atoms with E-state index < -0.39 is 58.4 Å². The average molecular weight is 690 g/mol. The van der Waals surface area contributed by atoms with Crippen LogP contribution in [0, 0.1) is 0 Å². The zero-order valence-corrected chi connectivity index (χ0v) is 28.0. The van der Waals surface area contributed by atoms with E-state index in [2.05, 4.69) is 12.1 Å². The van der Waals surface area contributed by atoms with E-state index in [1.165, 1.54) is 21.8 Å². The van der Waals surface area contributed by atoms with Crippen molar-refractivity contribution in [3.63, 3.8) is 0 Å². The number of carboxylic acid groups (broad SMARTS) is 3. The molecule has 0 amide bonds. The number of aliphatic carboxylic acids is 3. The fraction of sp³-hybridized carbons (Fsp3) is 0.645. The van der Waals surface area contributed by atoms with Crippen LogP contribution in [0.4, 0.5) is 0 Å². The molecule has 1 atom stereocenters. The van der Waals surface area contributed by atoms with Crippen molar-refractivity contribution in [2.75, 3.05) is 65.6 Å². The van der Waals surface area contributed by atoms with Crippen LogP contribution in [0.1, 0.15) is 56.9 Å². The molecular weight excluding hydrogens is 637 g/mol. The maximum absolute atomic E-state index is 11.6. The second kappa shape index (κ2) is 25.2. The minimum atomic E-state index is -4.69. The SMILES string of the molecule is O=CCN(CC=O)CCN(CC(=O)O)CC(CO[PH](O)(O)OCCCCCCCCCCc1ccccc1)N(CC(=O)O)CC(=O)O. The Bertz CT molecular complexity index is 1020. The molecule has 0 saturated carbocycles. The zero-order valence-electron chi connectivity index (χ0n) is 27.0. The summed E-state index contributed by atoms with van der Waals surface area (Å²) in [7, 11) is -4.69. The van der Waals surface area contributed by atoms with Gasteiger partial charge in [0.15, 0.2) is 0 Å². The molecule has 47 heavy (non-hydrogen) atoms. The number of aryl methyl sites for hydroxylation is 1. The first kappa shape index (κ1) is 42.1. The Morgan fingerprint density at radius 2 is 1.21 bits per heavy atom. The molecule has 0 fully saturated rings. The van der Waals surface area contributed by atoms with E-state index in [-0.39, 0.29) is 39.3 Å². The van der Waals surface area contributed by atoms with Crippen LogP contribution >= 0.6 is 8.17 Å². The summed E-state index contributed by atoms with van der Waals surface area (Å²) in [5.74, 6) is -3.95. The summed E-state index contributed by atoms with van der Waals surface area (Å²) in [6.07, 6.45) is 10.3. The molecule has 0 bridgehead atoms. The third-order valence-electron chi connectivity index (χ3n) is 7.38. The van der Waals surface area contributed by atoms with Crippen molar-refractivity contribution in [1.82, 2.24) is 14.7 Å². The Hall–Kier alpha value is -2.88. The Labute approximate surface area is 276 Å². The summed E-state index contributed by atoms with van der Waals surface area (Å²) in [6, 6.07) is 9.28. The predicted molar refractivity (Wildman–Crippen MR) is 175 cm³/mol. The third-order valence-corrected chi connectivity index (χ3v) is 8.50. The predicted octanol–water partition coefficient (Wildman–Crippen LogP) is 1.70. The van der Waals surface area contributed by atoms with E-state index in [0.29, 0.717) is 19.0 Å². The number of aldehydes is 2. The van der Waals surface area contributed by atoms with Crippen LogP contribution < -0.4 is 0 Å². The number of unbranched alkanes of at least 4 members (excludes halogenated alkanes) is 7. The molecule has 1 aromatic rings. The molecule has 0 radical (unpaired) electrons. The van der Waals surface area contributed by atoms with E-state index in [4.69, 9.17) is 9.05 Å². The molecule has 0 spiro atoms. The Morgan fingerprint density at radius 3 is 1.74 bits per heavy atom. The van der Waals surface area contributed by atoms with Crippen LogP contribution in [-0.4, -0.2) is 142 Å². The summed E-state index contributed by atoms with van der Waals surface area (Å²) in [5.41, 5.74) is 1.35. The number of carboxylic acids is 3. The second-order valence-corrected chi connectivity index (χ2v) is 13.0. The number of rotatable bonds is 31. The van der Waals surface area contributed by atoms with Crippen LogP contribution in [-0.2, 0) is 39.4 Å². The van der Waals surface area contributed by atoms with E-state index in [1.807, 2.05) is 18.2 Å². The van der Waals surface area contributed by atoms with Crippen molar-refractivity contribution in [3.05, 3.63) is 35.9 Å². The van der Waals surface area contributed by atoms with Gasteiger partial charge in [0.25, 0.3) is 0 Å². The van der Waals surface area contributed by atoms with Crippen molar-refractivity contribution in [2.45, 2.75) is 63.8 Å². The van der Waals surface area contributed by atoms with Crippen molar-refractivity contribution in [2.24, 2.45) is 0 Å². The van der Waals surface area contributed by atoms with Crippen LogP contribution in [0.25, 0.3) is 0 Å². The van der Waals surface area contributed by atoms with E-state index in [0.717, 1.165) is 49.8 Å². The molecule has 0 aliphatic carbocycles. The van der Waals surface area contributed by atoms with Gasteiger partial charge in [-0.2, -0.15) is 0 Å². The number of carbonyl (C=O) groups excluding carboxylic acids is 2. The number of hydrogen-bond donors (Lipinski definition) is 5. The van der Waals surface area contributed by atoms with Gasteiger partial charge >= 0.3 is 246 Å². The first-order valence-electron chi connectivity index (χ1n) is 15.9. The van der Waals surface area contributed by atoms with Gasteiger partial charge in [-0.15, -0.1) is 0 Å². The van der Waals surface area contributed by atoms with Gasteiger partial charge in [0.2, 0.25) is 0 Å². The van der Waals surface area contributed by atoms with Crippen LogP contribution in [0.2, 0.25) is 0 Å². The molecule has 15 nitrogen and oxygen atoms in total. The summed E-state index contributed by atoms with van der Waals surface area (Å²) < 4.78 is 10.5. The Balaban J connectivity index is 2.62. The first-order valence-corrected chi connectivity index (χ1v) is 17.6. The number of nitrogens with zero attached hydrogens (tertiary/aromatic N) is 3. The first-order chi connectivity index (χ1) is 22.5. The van der Waals surface area contributed by atoms with Crippen molar-refractivity contribution in [1.29, 1.82) is 0 Å². The van der Waals surface area contributed by atoms with Gasteiger partial charge in [0.05, 0.1) is 0 Å². The molecular formula is C31H52N3O12P. The minimum absolute atomic E-state index is 0.0172. The van der Waals surface area contributed by atoms with Crippen LogP contribution in [0.3, 0.4) is 0 Å². The van der Waals surface area contributed by atoms with Gasteiger partial charge in [-0.25, -0.2) is 0 Å². The molecule has 1 aromatic carbocycles. The van der Waals surface area contributed by atoms with Crippen LogP contribution in [0.5, 0.6) is 0 Å². The fourth-order valence-electron chi connectivity index (χ4n) is 5.00. The zero-order chi connectivity index (χ0) is 34.9. The fourth-order valence-corrected chi connectivity index (χ4v) is 5.90. The second-order valence-electron chi connectivity index (χ2n) is 11.3. The van der Waals surface area contributed by atoms with Crippen LogP contribution in [0.15, 0.2) is 30.3 Å². The molecule has 268 valence electrons. The number of carbonyl (C=O) groups is 5. The van der Waals surface area contributed by atoms with Gasteiger partial charge in [-0.05, 0) is 0 Å². The van der Waals surface area contributed by atoms with Crippen molar-refractivity contribution in [3.8, 4) is 0 Å². The number of hydrogen-bond acceptors (Lipinski definition) is 12. The summed E-state index contributed by atoms with van der Waals surface area (Å²) in [6.45, 7) is -2.85. The molecule has 5 N–H and O–H groups in total. The monoisotopic (exact) mass is 689 g/mol. The Morgan fingerprint density at radius 1 is 0.702 bits per heavy atom. The van der Waals surface area contributed by atoms with Crippen molar-refractivity contribution < 1.29 is 58.1 Å².